The van der Waals surface area contributed by atoms with Gasteiger partial charge in [0.05, 0.1) is 0 Å². The molecule has 2 nitrogen and oxygen atoms in total. The number of thioether (sulfide) groups is 1. The normalized spacial score (nSPS) is 10.5. The van der Waals surface area contributed by atoms with Gasteiger partial charge in [0.15, 0.2) is 0 Å². The molecule has 19 heavy (non-hydrogen) atoms. The van der Waals surface area contributed by atoms with E-state index in [1.807, 2.05) is 24.3 Å². The van der Waals surface area contributed by atoms with Crippen molar-refractivity contribution in [1.82, 2.24) is 0 Å². The second kappa shape index (κ2) is 6.13. The first-order valence-corrected chi connectivity index (χ1v) is 7.48. The number of rotatable bonds is 4. The first-order valence-electron chi connectivity index (χ1n) is 6.26. The average Bonchev–Trinajstić information content (AvgIpc) is 2.37. The Morgan fingerprint density at radius 2 is 1.79 bits per heavy atom. The van der Waals surface area contributed by atoms with Crippen LogP contribution in [0.1, 0.15) is 16.7 Å². The topological polar surface area (TPSA) is 35.2 Å². The van der Waals surface area contributed by atoms with E-state index in [0.717, 1.165) is 17.1 Å². The predicted molar refractivity (Wildman–Crippen MR) is 82.1 cm³/mol. The molecule has 0 radical (unpaired) electrons. The largest absolute Gasteiger partial charge is 0.457 e. The molecule has 0 atom stereocenters. The molecule has 0 heterocycles. The third-order valence-corrected chi connectivity index (χ3v) is 3.76. The van der Waals surface area contributed by atoms with Crippen LogP contribution in [0, 0.1) is 13.8 Å². The molecule has 2 aromatic rings. The van der Waals surface area contributed by atoms with Crippen molar-refractivity contribution in [3.8, 4) is 11.5 Å². The Balaban J connectivity index is 2.37. The minimum absolute atomic E-state index is 0.483. The van der Waals surface area contributed by atoms with Gasteiger partial charge in [0, 0.05) is 17.0 Å². The van der Waals surface area contributed by atoms with Gasteiger partial charge in [-0.05, 0) is 55.5 Å². The van der Waals surface area contributed by atoms with Gasteiger partial charge < -0.3 is 10.5 Å². The summed E-state index contributed by atoms with van der Waals surface area (Å²) in [5, 5.41) is 0. The van der Waals surface area contributed by atoms with Crippen LogP contribution in [0.4, 0.5) is 0 Å². The van der Waals surface area contributed by atoms with Crippen LogP contribution < -0.4 is 10.5 Å². The quantitative estimate of drug-likeness (QED) is 0.845. The molecular formula is C16H19NOS. The molecule has 0 aliphatic carbocycles. The molecule has 0 aromatic heterocycles. The maximum atomic E-state index is 6.01. The molecule has 0 unspecified atom stereocenters. The number of benzene rings is 2. The maximum Gasteiger partial charge on any atom is 0.133 e. The Morgan fingerprint density at radius 1 is 1.11 bits per heavy atom. The standard InChI is InChI=1S/C16H19NOS/c1-11-7-12(2)9-13(8-11)18-15-5-4-6-16(19-3)14(15)10-17/h4-9H,10,17H2,1-3H3. The van der Waals surface area contributed by atoms with Crippen molar-refractivity contribution >= 4 is 11.8 Å². The van der Waals surface area contributed by atoms with Crippen LogP contribution in [0.15, 0.2) is 41.3 Å². The summed E-state index contributed by atoms with van der Waals surface area (Å²) in [6.07, 6.45) is 2.05. The van der Waals surface area contributed by atoms with Gasteiger partial charge in [0.1, 0.15) is 11.5 Å². The monoisotopic (exact) mass is 273 g/mol. The van der Waals surface area contributed by atoms with E-state index in [1.165, 1.54) is 16.0 Å². The molecule has 2 rings (SSSR count). The van der Waals surface area contributed by atoms with E-state index < -0.39 is 0 Å². The average molecular weight is 273 g/mol. The van der Waals surface area contributed by atoms with E-state index in [9.17, 15) is 0 Å². The van der Waals surface area contributed by atoms with Gasteiger partial charge in [-0.2, -0.15) is 0 Å². The molecule has 0 spiro atoms. The summed E-state index contributed by atoms with van der Waals surface area (Å²) in [6, 6.07) is 12.3. The number of aryl methyl sites for hydroxylation is 2. The van der Waals surface area contributed by atoms with E-state index in [4.69, 9.17) is 10.5 Å². The highest BCUT2D eigenvalue weighted by atomic mass is 32.2. The number of hydrogen-bond acceptors (Lipinski definition) is 3. The van der Waals surface area contributed by atoms with E-state index in [2.05, 4.69) is 32.2 Å². The van der Waals surface area contributed by atoms with Crippen molar-refractivity contribution in [3.63, 3.8) is 0 Å². The fourth-order valence-electron chi connectivity index (χ4n) is 2.15. The van der Waals surface area contributed by atoms with Crippen molar-refractivity contribution in [3.05, 3.63) is 53.1 Å². The van der Waals surface area contributed by atoms with Crippen molar-refractivity contribution in [2.45, 2.75) is 25.3 Å². The lowest BCUT2D eigenvalue weighted by Gasteiger charge is -2.13. The van der Waals surface area contributed by atoms with Crippen LogP contribution in [0.25, 0.3) is 0 Å². The molecular weight excluding hydrogens is 254 g/mol. The molecule has 0 saturated heterocycles. The Hall–Kier alpha value is -1.45. The SMILES string of the molecule is CSc1cccc(Oc2cc(C)cc(C)c2)c1CN. The second-order valence-electron chi connectivity index (χ2n) is 4.57. The highest BCUT2D eigenvalue weighted by molar-refractivity contribution is 7.98. The Morgan fingerprint density at radius 3 is 2.37 bits per heavy atom. The molecule has 0 aliphatic rings. The zero-order valence-corrected chi connectivity index (χ0v) is 12.4. The lowest BCUT2D eigenvalue weighted by Crippen LogP contribution is -2.01. The summed E-state index contributed by atoms with van der Waals surface area (Å²) in [5.74, 6) is 1.71. The van der Waals surface area contributed by atoms with Gasteiger partial charge in [0.25, 0.3) is 0 Å². The molecule has 0 aliphatic heterocycles. The Bertz CT molecular complexity index is 561. The third-order valence-electron chi connectivity index (χ3n) is 2.94. The fraction of sp³-hybridized carbons (Fsp3) is 0.250. The molecule has 2 N–H and O–H groups in total. The van der Waals surface area contributed by atoms with Gasteiger partial charge in [-0.1, -0.05) is 12.1 Å². The van der Waals surface area contributed by atoms with Gasteiger partial charge in [-0.25, -0.2) is 0 Å². The van der Waals surface area contributed by atoms with Crippen LogP contribution in [-0.2, 0) is 6.54 Å². The summed E-state index contributed by atoms with van der Waals surface area (Å²) in [5.41, 5.74) is 9.31. The number of nitrogens with two attached hydrogens (primary N) is 1. The molecule has 100 valence electrons. The molecule has 3 heteroatoms. The van der Waals surface area contributed by atoms with Crippen LogP contribution in [0.5, 0.6) is 11.5 Å². The summed E-state index contributed by atoms with van der Waals surface area (Å²) < 4.78 is 6.01. The first-order chi connectivity index (χ1) is 9.13. The van der Waals surface area contributed by atoms with Crippen molar-refractivity contribution < 1.29 is 4.74 Å². The van der Waals surface area contributed by atoms with Gasteiger partial charge in [-0.3, -0.25) is 0 Å². The van der Waals surface area contributed by atoms with Gasteiger partial charge >= 0.3 is 0 Å². The van der Waals surface area contributed by atoms with E-state index >= 15 is 0 Å². The van der Waals surface area contributed by atoms with E-state index in [1.54, 1.807) is 11.8 Å². The highest BCUT2D eigenvalue weighted by Gasteiger charge is 2.08. The smallest absolute Gasteiger partial charge is 0.133 e. The molecule has 0 amide bonds. The zero-order chi connectivity index (χ0) is 13.8. The van der Waals surface area contributed by atoms with Crippen molar-refractivity contribution in [2.75, 3.05) is 6.26 Å². The number of ether oxygens (including phenoxy) is 1. The lowest BCUT2D eigenvalue weighted by atomic mass is 10.1. The summed E-state index contributed by atoms with van der Waals surface area (Å²) in [7, 11) is 0. The Labute approximate surface area is 119 Å². The van der Waals surface area contributed by atoms with Crippen LogP contribution in [-0.4, -0.2) is 6.26 Å². The predicted octanol–water partition coefficient (Wildman–Crippen LogP) is 4.28. The van der Waals surface area contributed by atoms with E-state index in [0.29, 0.717) is 6.54 Å². The van der Waals surface area contributed by atoms with Crippen LogP contribution >= 0.6 is 11.8 Å². The van der Waals surface area contributed by atoms with E-state index in [-0.39, 0.29) is 0 Å². The van der Waals surface area contributed by atoms with Crippen molar-refractivity contribution in [2.24, 2.45) is 5.73 Å². The molecule has 2 aromatic carbocycles. The summed E-state index contributed by atoms with van der Waals surface area (Å²) in [4.78, 5) is 1.17. The highest BCUT2D eigenvalue weighted by Crippen LogP contribution is 2.32. The summed E-state index contributed by atoms with van der Waals surface area (Å²) in [6.45, 7) is 4.63. The van der Waals surface area contributed by atoms with Gasteiger partial charge in [-0.15, -0.1) is 11.8 Å². The zero-order valence-electron chi connectivity index (χ0n) is 11.6. The summed E-state index contributed by atoms with van der Waals surface area (Å²) >= 11 is 1.69. The van der Waals surface area contributed by atoms with Crippen LogP contribution in [0.2, 0.25) is 0 Å². The van der Waals surface area contributed by atoms with Crippen molar-refractivity contribution in [1.29, 1.82) is 0 Å². The fourth-order valence-corrected chi connectivity index (χ4v) is 2.80. The molecule has 0 bridgehead atoms. The van der Waals surface area contributed by atoms with Crippen LogP contribution in [0.3, 0.4) is 0 Å². The Kier molecular flexibility index (Phi) is 4.51. The minimum Gasteiger partial charge on any atom is -0.457 e. The lowest BCUT2D eigenvalue weighted by molar-refractivity contribution is 0.473. The third kappa shape index (κ3) is 3.31. The molecule has 0 saturated carbocycles. The second-order valence-corrected chi connectivity index (χ2v) is 5.41. The number of hydrogen-bond donors (Lipinski definition) is 1. The maximum absolute atomic E-state index is 6.01. The van der Waals surface area contributed by atoms with Gasteiger partial charge in [0.2, 0.25) is 0 Å². The first kappa shape index (κ1) is 14.0. The molecule has 0 fully saturated rings. The minimum atomic E-state index is 0.483.